The van der Waals surface area contributed by atoms with E-state index in [2.05, 4.69) is 69.4 Å². The lowest BCUT2D eigenvalue weighted by Crippen LogP contribution is -2.54. The quantitative estimate of drug-likeness (QED) is 0.605. The normalized spacial score (nSPS) is 23.2. The molecule has 0 radical (unpaired) electrons. The number of carbonyl (C=O) groups excluding carboxylic acids is 1. The first-order valence-corrected chi connectivity index (χ1v) is 12.4. The summed E-state index contributed by atoms with van der Waals surface area (Å²) in [7, 11) is 0. The molecule has 0 aromatic heterocycles. The molecule has 3 atom stereocenters. The summed E-state index contributed by atoms with van der Waals surface area (Å²) in [5.41, 5.74) is 12.5. The summed E-state index contributed by atoms with van der Waals surface area (Å²) in [4.78, 5) is 14.6. The number of hydrogen-bond acceptors (Lipinski definition) is 7. The third-order valence-electron chi connectivity index (χ3n) is 6.30. The van der Waals surface area contributed by atoms with Gasteiger partial charge in [0.05, 0.1) is 17.8 Å². The maximum absolute atomic E-state index is 12.5. The standard InChI is InChI=1S/C24H27ClN6OS/c1-14-4-5-15(2)18(10-14)20-12-21-23-27-28-24(30(23)8-9-31(21)29-20)33-13-22(32)26-17-7-6-16(3)19(25)11-17/h4-11,20-21,23,27,29H,12-13H2,1-3H3,(H,26,32). The molecule has 172 valence electrons. The van der Waals surface area contributed by atoms with Crippen LogP contribution in [0.1, 0.15) is 34.7 Å². The van der Waals surface area contributed by atoms with Crippen molar-refractivity contribution in [3.63, 3.8) is 0 Å². The number of hydrogen-bond donors (Lipinski definition) is 3. The summed E-state index contributed by atoms with van der Waals surface area (Å²) in [5, 5.41) is 11.0. The highest BCUT2D eigenvalue weighted by Gasteiger charge is 2.44. The molecular formula is C24H27ClN6OS. The highest BCUT2D eigenvalue weighted by atomic mass is 35.5. The average molecular weight is 483 g/mol. The number of anilines is 1. The van der Waals surface area contributed by atoms with Crippen molar-refractivity contribution >= 4 is 40.1 Å². The zero-order valence-corrected chi connectivity index (χ0v) is 20.4. The van der Waals surface area contributed by atoms with Gasteiger partial charge in [0.25, 0.3) is 0 Å². The number of fused-ring (bicyclic) bond motifs is 3. The number of amides is 1. The second-order valence-corrected chi connectivity index (χ2v) is 10.1. The number of aryl methyl sites for hydroxylation is 3. The Morgan fingerprint density at radius 3 is 2.82 bits per heavy atom. The topological polar surface area (TPSA) is 72.0 Å². The lowest BCUT2D eigenvalue weighted by atomic mass is 9.95. The molecule has 3 aliphatic heterocycles. The van der Waals surface area contributed by atoms with E-state index in [0.29, 0.717) is 10.7 Å². The molecule has 1 amide bonds. The van der Waals surface area contributed by atoms with Gasteiger partial charge in [-0.15, -0.1) is 0 Å². The van der Waals surface area contributed by atoms with Gasteiger partial charge in [-0.25, -0.2) is 5.43 Å². The van der Waals surface area contributed by atoms with Crippen LogP contribution < -0.4 is 16.2 Å². The molecule has 7 nitrogen and oxygen atoms in total. The van der Waals surface area contributed by atoms with E-state index >= 15 is 0 Å². The molecule has 5 rings (SSSR count). The minimum atomic E-state index is -0.0915. The van der Waals surface area contributed by atoms with Crippen LogP contribution in [0, 0.1) is 20.8 Å². The van der Waals surface area contributed by atoms with E-state index in [1.807, 2.05) is 25.3 Å². The van der Waals surface area contributed by atoms with E-state index in [1.54, 1.807) is 6.07 Å². The van der Waals surface area contributed by atoms with Crippen molar-refractivity contribution in [2.45, 2.75) is 45.4 Å². The van der Waals surface area contributed by atoms with Gasteiger partial charge in [-0.1, -0.05) is 53.2 Å². The van der Waals surface area contributed by atoms with Crippen LogP contribution in [0.25, 0.3) is 0 Å². The van der Waals surface area contributed by atoms with Gasteiger partial charge in [0.2, 0.25) is 5.91 Å². The number of rotatable bonds is 4. The molecule has 0 aliphatic carbocycles. The molecule has 1 saturated heterocycles. The SMILES string of the molecule is Cc1ccc(C)c(C2CC3C4NN=C(SCC(=O)Nc5ccc(C)c(Cl)c5)N4C=CN3N2)c1. The Hall–Kier alpha value is -2.68. The molecule has 0 bridgehead atoms. The van der Waals surface area contributed by atoms with Crippen molar-refractivity contribution in [1.82, 2.24) is 20.8 Å². The molecule has 9 heteroatoms. The summed E-state index contributed by atoms with van der Waals surface area (Å²) in [6.45, 7) is 6.23. The third-order valence-corrected chi connectivity index (χ3v) is 7.68. The van der Waals surface area contributed by atoms with Crippen LogP contribution in [0.4, 0.5) is 5.69 Å². The van der Waals surface area contributed by atoms with Crippen molar-refractivity contribution < 1.29 is 4.79 Å². The second kappa shape index (κ2) is 8.93. The largest absolute Gasteiger partial charge is 0.325 e. The zero-order valence-electron chi connectivity index (χ0n) is 18.8. The molecule has 33 heavy (non-hydrogen) atoms. The molecule has 0 spiro atoms. The number of carbonyl (C=O) groups is 1. The van der Waals surface area contributed by atoms with Crippen molar-refractivity contribution in [1.29, 1.82) is 0 Å². The van der Waals surface area contributed by atoms with Crippen LogP contribution in [-0.2, 0) is 4.79 Å². The fourth-order valence-corrected chi connectivity index (χ4v) is 5.44. The molecule has 0 saturated carbocycles. The molecule has 2 aromatic rings. The molecule has 3 N–H and O–H groups in total. The fourth-order valence-electron chi connectivity index (χ4n) is 4.49. The maximum atomic E-state index is 12.5. The number of amidine groups is 1. The van der Waals surface area contributed by atoms with Gasteiger partial charge < -0.3 is 15.2 Å². The molecule has 3 unspecified atom stereocenters. The summed E-state index contributed by atoms with van der Waals surface area (Å²) in [6, 6.07) is 12.6. The van der Waals surface area contributed by atoms with Gasteiger partial charge in [-0.3, -0.25) is 10.2 Å². The lowest BCUT2D eigenvalue weighted by Gasteiger charge is -2.36. The molecule has 1 fully saturated rings. The first kappa shape index (κ1) is 22.1. The Bertz CT molecular complexity index is 1150. The Balaban J connectivity index is 1.20. The van der Waals surface area contributed by atoms with Crippen LogP contribution in [-0.4, -0.2) is 38.9 Å². The van der Waals surface area contributed by atoms with E-state index in [0.717, 1.165) is 17.2 Å². The molecule has 3 aliphatic rings. The van der Waals surface area contributed by atoms with Crippen LogP contribution in [0.5, 0.6) is 0 Å². The zero-order chi connectivity index (χ0) is 23.1. The fraction of sp³-hybridized carbons (Fsp3) is 0.333. The number of hydrazone groups is 1. The van der Waals surface area contributed by atoms with Gasteiger partial charge in [0.15, 0.2) is 5.17 Å². The smallest absolute Gasteiger partial charge is 0.234 e. The first-order valence-electron chi connectivity index (χ1n) is 11.0. The number of nitrogens with one attached hydrogen (secondary N) is 3. The lowest BCUT2D eigenvalue weighted by molar-refractivity contribution is -0.113. The summed E-state index contributed by atoms with van der Waals surface area (Å²) in [6.07, 6.45) is 5.07. The van der Waals surface area contributed by atoms with E-state index in [-0.39, 0.29) is 29.9 Å². The van der Waals surface area contributed by atoms with E-state index in [1.165, 1.54) is 28.5 Å². The number of benzene rings is 2. The Labute approximate surface area is 203 Å². The predicted molar refractivity (Wildman–Crippen MR) is 135 cm³/mol. The monoisotopic (exact) mass is 482 g/mol. The summed E-state index contributed by atoms with van der Waals surface area (Å²) >= 11 is 7.58. The van der Waals surface area contributed by atoms with Crippen LogP contribution in [0.2, 0.25) is 5.02 Å². The number of hydrazine groups is 1. The van der Waals surface area contributed by atoms with Gasteiger partial charge in [0, 0.05) is 23.1 Å². The number of nitrogens with zero attached hydrogens (tertiary/aromatic N) is 3. The van der Waals surface area contributed by atoms with Crippen molar-refractivity contribution in [2.75, 3.05) is 11.1 Å². The molecular weight excluding hydrogens is 456 g/mol. The van der Waals surface area contributed by atoms with Crippen LogP contribution in [0.15, 0.2) is 53.9 Å². The van der Waals surface area contributed by atoms with Crippen LogP contribution in [0.3, 0.4) is 0 Å². The van der Waals surface area contributed by atoms with E-state index < -0.39 is 0 Å². The van der Waals surface area contributed by atoms with Crippen LogP contribution >= 0.6 is 23.4 Å². The maximum Gasteiger partial charge on any atom is 0.234 e. The second-order valence-electron chi connectivity index (χ2n) is 8.73. The Morgan fingerprint density at radius 1 is 1.18 bits per heavy atom. The van der Waals surface area contributed by atoms with Crippen molar-refractivity contribution in [3.05, 3.63) is 76.1 Å². The predicted octanol–water partition coefficient (Wildman–Crippen LogP) is 4.24. The highest BCUT2D eigenvalue weighted by molar-refractivity contribution is 8.14. The molecule has 2 aromatic carbocycles. The Morgan fingerprint density at radius 2 is 2.00 bits per heavy atom. The van der Waals surface area contributed by atoms with E-state index in [4.69, 9.17) is 11.6 Å². The average Bonchev–Trinajstić information content (AvgIpc) is 3.40. The van der Waals surface area contributed by atoms with Gasteiger partial charge in [0.1, 0.15) is 6.17 Å². The number of halogens is 1. The van der Waals surface area contributed by atoms with Crippen molar-refractivity contribution in [3.8, 4) is 0 Å². The highest BCUT2D eigenvalue weighted by Crippen LogP contribution is 2.36. The third kappa shape index (κ3) is 4.43. The minimum absolute atomic E-state index is 0.0269. The summed E-state index contributed by atoms with van der Waals surface area (Å²) in [5.74, 6) is 0.173. The van der Waals surface area contributed by atoms with Gasteiger partial charge >= 0.3 is 0 Å². The van der Waals surface area contributed by atoms with E-state index in [9.17, 15) is 4.79 Å². The van der Waals surface area contributed by atoms with Gasteiger partial charge in [-0.05, 0) is 56.0 Å². The van der Waals surface area contributed by atoms with Gasteiger partial charge in [-0.2, -0.15) is 5.10 Å². The number of thioether (sulfide) groups is 1. The molecule has 3 heterocycles. The van der Waals surface area contributed by atoms with Crippen molar-refractivity contribution in [2.24, 2.45) is 5.10 Å². The first-order chi connectivity index (χ1) is 15.9. The summed E-state index contributed by atoms with van der Waals surface area (Å²) < 4.78 is 0. The minimum Gasteiger partial charge on any atom is -0.325 e. The Kier molecular flexibility index (Phi) is 5.99.